The van der Waals surface area contributed by atoms with Gasteiger partial charge in [-0.3, -0.25) is 14.5 Å². The Bertz CT molecular complexity index is 1240. The summed E-state index contributed by atoms with van der Waals surface area (Å²) >= 11 is 0. The lowest BCUT2D eigenvalue weighted by Crippen LogP contribution is -2.28. The van der Waals surface area contributed by atoms with Crippen LogP contribution >= 0.6 is 0 Å². The van der Waals surface area contributed by atoms with Crippen LogP contribution in [0.2, 0.25) is 0 Å². The first-order valence-corrected chi connectivity index (χ1v) is 10.9. The highest BCUT2D eigenvalue weighted by Crippen LogP contribution is 2.26. The maximum Gasteiger partial charge on any atom is 0.240 e. The number of benzene rings is 4. The first kappa shape index (κ1) is 22.0. The van der Waals surface area contributed by atoms with Crippen LogP contribution in [0.5, 0.6) is 0 Å². The van der Waals surface area contributed by atoms with Crippen LogP contribution in [0, 0.1) is 0 Å². The Morgan fingerprint density at radius 2 is 1.30 bits per heavy atom. The molecule has 5 heteroatoms. The molecular weight excluding hydrogens is 410 g/mol. The molecule has 4 aromatic rings. The van der Waals surface area contributed by atoms with Crippen LogP contribution in [-0.2, 0) is 9.59 Å². The quantitative estimate of drug-likeness (QED) is 0.293. The molecule has 0 unspecified atom stereocenters. The Kier molecular flexibility index (Phi) is 6.90. The number of nitrogens with one attached hydrogen (secondary N) is 1. The molecule has 2 amide bonds. The van der Waals surface area contributed by atoms with Crippen LogP contribution in [0.1, 0.15) is 25.3 Å². The molecule has 0 fully saturated rings. The van der Waals surface area contributed by atoms with E-state index in [-0.39, 0.29) is 24.7 Å². The van der Waals surface area contributed by atoms with Crippen molar-refractivity contribution >= 4 is 39.7 Å². The maximum atomic E-state index is 13.0. The van der Waals surface area contributed by atoms with E-state index in [1.807, 2.05) is 104 Å². The zero-order valence-electron chi connectivity index (χ0n) is 18.4. The van der Waals surface area contributed by atoms with E-state index in [0.29, 0.717) is 5.71 Å². The van der Waals surface area contributed by atoms with Gasteiger partial charge in [0, 0.05) is 24.2 Å². The van der Waals surface area contributed by atoms with Crippen LogP contribution in [-0.4, -0.2) is 17.5 Å². The second kappa shape index (κ2) is 10.4. The third-order valence-electron chi connectivity index (χ3n) is 5.36. The number of hydrazone groups is 1. The molecule has 0 aliphatic rings. The second-order valence-electron chi connectivity index (χ2n) is 7.69. The molecule has 4 rings (SSSR count). The van der Waals surface area contributed by atoms with Gasteiger partial charge in [-0.25, -0.2) is 5.43 Å². The number of para-hydroxylation sites is 2. The molecule has 164 valence electrons. The zero-order chi connectivity index (χ0) is 23.0. The van der Waals surface area contributed by atoms with Crippen molar-refractivity contribution in [3.05, 3.63) is 109 Å². The van der Waals surface area contributed by atoms with Crippen LogP contribution in [0.3, 0.4) is 0 Å². The highest BCUT2D eigenvalue weighted by molar-refractivity contribution is 6.03. The molecular formula is C28H25N3O2. The van der Waals surface area contributed by atoms with Crippen LogP contribution in [0.15, 0.2) is 108 Å². The lowest BCUT2D eigenvalue weighted by Gasteiger charge is -2.23. The Morgan fingerprint density at radius 3 is 1.94 bits per heavy atom. The number of hydrogen-bond acceptors (Lipinski definition) is 3. The van der Waals surface area contributed by atoms with Gasteiger partial charge in [-0.05, 0) is 53.6 Å². The van der Waals surface area contributed by atoms with Gasteiger partial charge in [0.15, 0.2) is 0 Å². The highest BCUT2D eigenvalue weighted by atomic mass is 16.2. The monoisotopic (exact) mass is 435 g/mol. The van der Waals surface area contributed by atoms with E-state index in [4.69, 9.17) is 0 Å². The maximum absolute atomic E-state index is 13.0. The van der Waals surface area contributed by atoms with E-state index < -0.39 is 0 Å². The van der Waals surface area contributed by atoms with E-state index in [2.05, 4.69) is 16.6 Å². The fourth-order valence-corrected chi connectivity index (χ4v) is 3.60. The number of nitrogens with zero attached hydrogens (tertiary/aromatic N) is 2. The van der Waals surface area contributed by atoms with Crippen molar-refractivity contribution in [2.24, 2.45) is 5.10 Å². The Labute approximate surface area is 193 Å². The molecule has 0 atom stereocenters. The third kappa shape index (κ3) is 5.52. The van der Waals surface area contributed by atoms with Gasteiger partial charge in [-0.1, -0.05) is 72.8 Å². The summed E-state index contributed by atoms with van der Waals surface area (Å²) in [6.45, 7) is 1.85. The van der Waals surface area contributed by atoms with Gasteiger partial charge in [0.25, 0.3) is 0 Å². The lowest BCUT2D eigenvalue weighted by atomic mass is 10.0. The number of anilines is 2. The van der Waals surface area contributed by atoms with Crippen LogP contribution in [0.4, 0.5) is 11.4 Å². The molecule has 0 aliphatic heterocycles. The number of fused-ring (bicyclic) bond motifs is 1. The van der Waals surface area contributed by atoms with Crippen LogP contribution < -0.4 is 10.3 Å². The number of rotatable bonds is 7. The van der Waals surface area contributed by atoms with Crippen molar-refractivity contribution in [3.8, 4) is 0 Å². The van der Waals surface area contributed by atoms with E-state index in [9.17, 15) is 9.59 Å². The smallest absolute Gasteiger partial charge is 0.240 e. The van der Waals surface area contributed by atoms with Gasteiger partial charge in [-0.15, -0.1) is 0 Å². The summed E-state index contributed by atoms with van der Waals surface area (Å²) in [4.78, 5) is 27.1. The summed E-state index contributed by atoms with van der Waals surface area (Å²) in [6, 6.07) is 33.0. The molecule has 0 bridgehead atoms. The summed E-state index contributed by atoms with van der Waals surface area (Å²) in [5.74, 6) is -0.456. The fourth-order valence-electron chi connectivity index (χ4n) is 3.60. The van der Waals surface area contributed by atoms with E-state index >= 15 is 0 Å². The summed E-state index contributed by atoms with van der Waals surface area (Å²) in [6.07, 6.45) is 0.115. The van der Waals surface area contributed by atoms with Gasteiger partial charge >= 0.3 is 0 Å². The minimum atomic E-state index is -0.301. The summed E-state index contributed by atoms with van der Waals surface area (Å²) < 4.78 is 0. The van der Waals surface area contributed by atoms with Crippen LogP contribution in [0.25, 0.3) is 10.8 Å². The highest BCUT2D eigenvalue weighted by Gasteiger charge is 2.18. The third-order valence-corrected chi connectivity index (χ3v) is 5.36. The van der Waals surface area contributed by atoms with Crippen molar-refractivity contribution in [2.75, 3.05) is 4.90 Å². The van der Waals surface area contributed by atoms with Crippen molar-refractivity contribution in [3.63, 3.8) is 0 Å². The first-order chi connectivity index (χ1) is 16.1. The predicted molar refractivity (Wildman–Crippen MR) is 134 cm³/mol. The SMILES string of the molecule is CC(=NNC(=O)CCC(=O)N(c1ccccc1)c1ccccc1)c1ccc2ccccc2c1. The number of carbonyl (C=O) groups excluding carboxylic acids is 2. The molecule has 0 aliphatic carbocycles. The Hall–Kier alpha value is -4.25. The fraction of sp³-hybridized carbons (Fsp3) is 0.107. The van der Waals surface area contributed by atoms with Crippen molar-refractivity contribution in [1.29, 1.82) is 0 Å². The van der Waals surface area contributed by atoms with Gasteiger partial charge in [0.2, 0.25) is 11.8 Å². The Balaban J connectivity index is 1.40. The average molecular weight is 436 g/mol. The standard InChI is InChI=1S/C28H25N3O2/c1-21(23-17-16-22-10-8-9-11-24(22)20-23)29-30-27(32)18-19-28(33)31(25-12-4-2-5-13-25)26-14-6-3-7-15-26/h2-17,20H,18-19H2,1H3,(H,30,32). The molecule has 0 radical (unpaired) electrons. The normalized spacial score (nSPS) is 11.2. The van der Waals surface area contributed by atoms with Gasteiger partial charge in [0.1, 0.15) is 0 Å². The molecule has 0 spiro atoms. The van der Waals surface area contributed by atoms with Crippen molar-refractivity contribution in [2.45, 2.75) is 19.8 Å². The number of amides is 2. The molecule has 0 saturated heterocycles. The minimum Gasteiger partial charge on any atom is -0.281 e. The molecule has 0 saturated carbocycles. The predicted octanol–water partition coefficient (Wildman–Crippen LogP) is 5.83. The van der Waals surface area contributed by atoms with E-state index in [1.165, 1.54) is 0 Å². The molecule has 5 nitrogen and oxygen atoms in total. The van der Waals surface area contributed by atoms with Gasteiger partial charge in [0.05, 0.1) is 5.71 Å². The summed E-state index contributed by atoms with van der Waals surface area (Å²) in [5.41, 5.74) is 5.75. The zero-order valence-corrected chi connectivity index (χ0v) is 18.4. The second-order valence-corrected chi connectivity index (χ2v) is 7.69. The lowest BCUT2D eigenvalue weighted by molar-refractivity contribution is -0.124. The van der Waals surface area contributed by atoms with Gasteiger partial charge < -0.3 is 0 Å². The molecule has 0 heterocycles. The molecule has 1 N–H and O–H groups in total. The molecule has 0 aromatic heterocycles. The average Bonchev–Trinajstić information content (AvgIpc) is 2.87. The summed E-state index contributed by atoms with van der Waals surface area (Å²) in [5, 5.41) is 6.50. The molecule has 4 aromatic carbocycles. The minimum absolute atomic E-state index is 0.0451. The van der Waals surface area contributed by atoms with E-state index in [1.54, 1.807) is 4.90 Å². The van der Waals surface area contributed by atoms with Crippen molar-refractivity contribution < 1.29 is 9.59 Å². The topological polar surface area (TPSA) is 61.8 Å². The molecule has 33 heavy (non-hydrogen) atoms. The first-order valence-electron chi connectivity index (χ1n) is 10.9. The van der Waals surface area contributed by atoms with Crippen molar-refractivity contribution in [1.82, 2.24) is 5.43 Å². The summed E-state index contributed by atoms with van der Waals surface area (Å²) in [7, 11) is 0. The number of hydrogen-bond donors (Lipinski definition) is 1. The van der Waals surface area contributed by atoms with E-state index in [0.717, 1.165) is 27.7 Å². The Morgan fingerprint density at radius 1 is 0.727 bits per heavy atom. The number of carbonyl (C=O) groups is 2. The largest absolute Gasteiger partial charge is 0.281 e. The van der Waals surface area contributed by atoms with Gasteiger partial charge in [-0.2, -0.15) is 5.10 Å².